The Balaban J connectivity index is 1.98. The highest BCUT2D eigenvalue weighted by Crippen LogP contribution is 2.25. The van der Waals surface area contributed by atoms with Gasteiger partial charge in [-0.2, -0.15) is 0 Å². The van der Waals surface area contributed by atoms with Gasteiger partial charge >= 0.3 is 0 Å². The summed E-state index contributed by atoms with van der Waals surface area (Å²) in [5.41, 5.74) is 0. The number of hydrogen-bond donors (Lipinski definition) is 0. The van der Waals surface area contributed by atoms with Crippen molar-refractivity contribution in [1.82, 2.24) is 0 Å². The van der Waals surface area contributed by atoms with Crippen LogP contribution in [0.25, 0.3) is 0 Å². The van der Waals surface area contributed by atoms with Crippen LogP contribution in [-0.4, -0.2) is 19.4 Å². The lowest BCUT2D eigenvalue weighted by Gasteiger charge is -2.08. The van der Waals surface area contributed by atoms with Crippen LogP contribution in [0.5, 0.6) is 0 Å². The summed E-state index contributed by atoms with van der Waals surface area (Å²) in [4.78, 5) is 0. The van der Waals surface area contributed by atoms with Crippen LogP contribution in [-0.2, 0) is 9.84 Å². The van der Waals surface area contributed by atoms with Gasteiger partial charge in [-0.3, -0.25) is 0 Å². The van der Waals surface area contributed by atoms with Crippen molar-refractivity contribution >= 4 is 9.84 Å². The summed E-state index contributed by atoms with van der Waals surface area (Å²) in [5, 5.41) is -0.00170. The van der Waals surface area contributed by atoms with Crippen molar-refractivity contribution in [2.75, 3.05) is 5.75 Å². The van der Waals surface area contributed by atoms with Gasteiger partial charge in [0.05, 0.1) is 11.0 Å². The van der Waals surface area contributed by atoms with E-state index >= 15 is 0 Å². The van der Waals surface area contributed by atoms with Crippen LogP contribution in [0.4, 0.5) is 0 Å². The molecule has 0 aromatic carbocycles. The number of rotatable bonds is 8. The Labute approximate surface area is 107 Å². The van der Waals surface area contributed by atoms with Gasteiger partial charge in [0.2, 0.25) is 0 Å². The Morgan fingerprint density at radius 3 is 2.29 bits per heavy atom. The molecule has 0 amide bonds. The molecular weight excluding hydrogens is 232 g/mol. The lowest BCUT2D eigenvalue weighted by Crippen LogP contribution is -2.15. The Bertz CT molecular complexity index is 293. The molecular formula is C14H28O2S. The molecule has 102 valence electrons. The van der Waals surface area contributed by atoms with Gasteiger partial charge in [0.1, 0.15) is 0 Å². The fourth-order valence-corrected chi connectivity index (χ4v) is 4.59. The summed E-state index contributed by atoms with van der Waals surface area (Å²) in [7, 11) is -2.70. The topological polar surface area (TPSA) is 34.1 Å². The molecule has 2 nitrogen and oxygen atoms in total. The minimum atomic E-state index is -2.70. The van der Waals surface area contributed by atoms with E-state index in [9.17, 15) is 8.42 Å². The van der Waals surface area contributed by atoms with Crippen molar-refractivity contribution in [2.45, 2.75) is 76.9 Å². The molecule has 1 aliphatic rings. The van der Waals surface area contributed by atoms with E-state index < -0.39 is 9.84 Å². The first-order valence-electron chi connectivity index (χ1n) is 7.24. The molecule has 1 fully saturated rings. The molecule has 0 aromatic heterocycles. The second kappa shape index (κ2) is 7.40. The van der Waals surface area contributed by atoms with Gasteiger partial charge in [-0.25, -0.2) is 8.42 Å². The third-order valence-electron chi connectivity index (χ3n) is 3.77. The molecule has 1 saturated heterocycles. The van der Waals surface area contributed by atoms with Crippen molar-refractivity contribution in [3.63, 3.8) is 0 Å². The van der Waals surface area contributed by atoms with Gasteiger partial charge in [0.25, 0.3) is 0 Å². The fourth-order valence-electron chi connectivity index (χ4n) is 2.64. The molecule has 17 heavy (non-hydrogen) atoms. The predicted octanol–water partition coefficient (Wildman–Crippen LogP) is 3.95. The highest BCUT2D eigenvalue weighted by molar-refractivity contribution is 7.92. The number of unbranched alkanes of at least 4 members (excludes halogenated alkanes) is 4. The van der Waals surface area contributed by atoms with E-state index in [0.29, 0.717) is 5.75 Å². The van der Waals surface area contributed by atoms with Crippen molar-refractivity contribution in [2.24, 2.45) is 5.92 Å². The van der Waals surface area contributed by atoms with E-state index in [2.05, 4.69) is 13.8 Å². The molecule has 0 aromatic rings. The number of hydrogen-bond acceptors (Lipinski definition) is 2. The summed E-state index contributed by atoms with van der Waals surface area (Å²) in [6, 6.07) is 0. The van der Waals surface area contributed by atoms with Gasteiger partial charge in [-0.05, 0) is 25.2 Å². The molecule has 0 aliphatic carbocycles. The predicted molar refractivity (Wildman–Crippen MR) is 74.0 cm³/mol. The second-order valence-electron chi connectivity index (χ2n) is 5.87. The Morgan fingerprint density at radius 1 is 1.06 bits per heavy atom. The van der Waals surface area contributed by atoms with Gasteiger partial charge < -0.3 is 0 Å². The van der Waals surface area contributed by atoms with Crippen LogP contribution in [0, 0.1) is 5.92 Å². The van der Waals surface area contributed by atoms with Crippen molar-refractivity contribution < 1.29 is 8.42 Å². The van der Waals surface area contributed by atoms with Crippen molar-refractivity contribution in [3.8, 4) is 0 Å². The first kappa shape index (κ1) is 15.0. The Kier molecular flexibility index (Phi) is 6.53. The quantitative estimate of drug-likeness (QED) is 0.619. The largest absolute Gasteiger partial charge is 0.229 e. The maximum atomic E-state index is 11.6. The minimum absolute atomic E-state index is 0.00170. The molecule has 0 N–H and O–H groups in total. The third-order valence-corrected chi connectivity index (χ3v) is 6.12. The number of sulfone groups is 1. The van der Waals surface area contributed by atoms with Crippen LogP contribution in [0.1, 0.15) is 71.6 Å². The molecule has 1 unspecified atom stereocenters. The normalized spacial score (nSPS) is 23.4. The maximum absolute atomic E-state index is 11.6. The molecule has 1 heterocycles. The first-order chi connectivity index (χ1) is 8.02. The molecule has 3 heteroatoms. The monoisotopic (exact) mass is 260 g/mol. The highest BCUT2D eigenvalue weighted by atomic mass is 32.2. The van der Waals surface area contributed by atoms with Crippen LogP contribution in [0.15, 0.2) is 0 Å². The summed E-state index contributed by atoms with van der Waals surface area (Å²) in [6.45, 7) is 4.54. The fraction of sp³-hybridized carbons (Fsp3) is 1.00. The molecule has 0 bridgehead atoms. The standard InChI is InChI=1S/C14H28O2S/c1-13(2)9-6-4-3-5-7-10-14-11-8-12-17(14,15)16/h13-14H,3-12H2,1-2H3. The molecule has 0 saturated carbocycles. The van der Waals surface area contributed by atoms with E-state index in [1.54, 1.807) is 0 Å². The molecule has 1 atom stereocenters. The van der Waals surface area contributed by atoms with E-state index in [1.807, 2.05) is 0 Å². The first-order valence-corrected chi connectivity index (χ1v) is 8.95. The summed E-state index contributed by atoms with van der Waals surface area (Å²) >= 11 is 0. The summed E-state index contributed by atoms with van der Waals surface area (Å²) in [6.07, 6.45) is 10.3. The van der Waals surface area contributed by atoms with Gasteiger partial charge in [-0.15, -0.1) is 0 Å². The second-order valence-corrected chi connectivity index (χ2v) is 8.27. The molecule has 1 rings (SSSR count). The molecule has 0 spiro atoms. The lowest BCUT2D eigenvalue weighted by molar-refractivity contribution is 0.506. The van der Waals surface area contributed by atoms with E-state index in [-0.39, 0.29) is 5.25 Å². The zero-order chi connectivity index (χ0) is 12.7. The van der Waals surface area contributed by atoms with Crippen molar-refractivity contribution in [3.05, 3.63) is 0 Å². The van der Waals surface area contributed by atoms with Crippen molar-refractivity contribution in [1.29, 1.82) is 0 Å². The Hall–Kier alpha value is -0.0500. The Morgan fingerprint density at radius 2 is 1.71 bits per heavy atom. The average molecular weight is 260 g/mol. The van der Waals surface area contributed by atoms with E-state index in [4.69, 9.17) is 0 Å². The van der Waals surface area contributed by atoms with Gasteiger partial charge in [0.15, 0.2) is 9.84 Å². The minimum Gasteiger partial charge on any atom is -0.229 e. The summed E-state index contributed by atoms with van der Waals surface area (Å²) < 4.78 is 23.2. The van der Waals surface area contributed by atoms with E-state index in [0.717, 1.165) is 31.6 Å². The van der Waals surface area contributed by atoms with Crippen LogP contribution < -0.4 is 0 Å². The van der Waals surface area contributed by atoms with Gasteiger partial charge in [-0.1, -0.05) is 52.4 Å². The smallest absolute Gasteiger partial charge is 0.153 e. The zero-order valence-corrected chi connectivity index (χ0v) is 12.3. The maximum Gasteiger partial charge on any atom is 0.153 e. The van der Waals surface area contributed by atoms with E-state index in [1.165, 1.54) is 32.1 Å². The van der Waals surface area contributed by atoms with Gasteiger partial charge in [0, 0.05) is 0 Å². The third kappa shape index (κ3) is 5.89. The van der Waals surface area contributed by atoms with Crippen LogP contribution in [0.3, 0.4) is 0 Å². The lowest BCUT2D eigenvalue weighted by atomic mass is 10.0. The summed E-state index contributed by atoms with van der Waals surface area (Å²) in [5.74, 6) is 1.25. The van der Waals surface area contributed by atoms with Crippen LogP contribution >= 0.6 is 0 Å². The molecule has 1 aliphatic heterocycles. The molecule has 0 radical (unpaired) electrons. The SMILES string of the molecule is CC(C)CCCCCCCC1CCCS1(=O)=O. The average Bonchev–Trinajstić information content (AvgIpc) is 2.56. The highest BCUT2D eigenvalue weighted by Gasteiger charge is 2.30. The van der Waals surface area contributed by atoms with Crippen LogP contribution in [0.2, 0.25) is 0 Å². The zero-order valence-electron chi connectivity index (χ0n) is 11.5.